The first kappa shape index (κ1) is 10.1. The SMILES string of the molecule is O=C(O)C1CCN(c2nccc3occc23)C1. The van der Waals surface area contributed by atoms with E-state index in [9.17, 15) is 4.79 Å². The van der Waals surface area contributed by atoms with Crippen molar-refractivity contribution in [3.63, 3.8) is 0 Å². The van der Waals surface area contributed by atoms with E-state index >= 15 is 0 Å². The zero-order chi connectivity index (χ0) is 11.8. The van der Waals surface area contributed by atoms with Gasteiger partial charge in [0.1, 0.15) is 11.4 Å². The van der Waals surface area contributed by atoms with Crippen LogP contribution in [0, 0.1) is 5.92 Å². The topological polar surface area (TPSA) is 66.6 Å². The van der Waals surface area contributed by atoms with Crippen LogP contribution in [-0.2, 0) is 4.79 Å². The Hall–Kier alpha value is -2.04. The van der Waals surface area contributed by atoms with Crippen molar-refractivity contribution in [1.82, 2.24) is 4.98 Å². The van der Waals surface area contributed by atoms with Crippen LogP contribution in [0.15, 0.2) is 29.0 Å². The first-order chi connectivity index (χ1) is 8.25. The van der Waals surface area contributed by atoms with Gasteiger partial charge in [0.15, 0.2) is 0 Å². The second kappa shape index (κ2) is 3.76. The fraction of sp³-hybridized carbons (Fsp3) is 0.333. The van der Waals surface area contributed by atoms with Gasteiger partial charge in [0.25, 0.3) is 0 Å². The molecule has 88 valence electrons. The third kappa shape index (κ3) is 1.63. The summed E-state index contributed by atoms with van der Waals surface area (Å²) in [5.41, 5.74) is 0.786. The minimum absolute atomic E-state index is 0.293. The summed E-state index contributed by atoms with van der Waals surface area (Å²) in [6, 6.07) is 3.68. The molecule has 1 unspecified atom stereocenters. The van der Waals surface area contributed by atoms with Crippen LogP contribution < -0.4 is 4.90 Å². The maximum Gasteiger partial charge on any atom is 0.308 e. The molecule has 1 saturated heterocycles. The summed E-state index contributed by atoms with van der Waals surface area (Å²) in [4.78, 5) is 17.3. The lowest BCUT2D eigenvalue weighted by Gasteiger charge is -2.17. The largest absolute Gasteiger partial charge is 0.481 e. The van der Waals surface area contributed by atoms with Gasteiger partial charge in [0.05, 0.1) is 17.6 Å². The van der Waals surface area contributed by atoms with Crippen LogP contribution in [0.5, 0.6) is 0 Å². The third-order valence-corrected chi connectivity index (χ3v) is 3.20. The number of aromatic nitrogens is 1. The second-order valence-electron chi connectivity index (χ2n) is 4.24. The zero-order valence-corrected chi connectivity index (χ0v) is 9.17. The molecular weight excluding hydrogens is 220 g/mol. The summed E-state index contributed by atoms with van der Waals surface area (Å²) in [5, 5.41) is 9.93. The lowest BCUT2D eigenvalue weighted by atomic mass is 10.1. The number of hydrogen-bond donors (Lipinski definition) is 1. The van der Waals surface area contributed by atoms with Crippen LogP contribution in [0.3, 0.4) is 0 Å². The number of carboxylic acids is 1. The van der Waals surface area contributed by atoms with E-state index in [1.165, 1.54) is 0 Å². The molecule has 5 nitrogen and oxygen atoms in total. The molecule has 0 saturated carbocycles. The fourth-order valence-electron chi connectivity index (χ4n) is 2.29. The van der Waals surface area contributed by atoms with Crippen LogP contribution in [0.1, 0.15) is 6.42 Å². The van der Waals surface area contributed by atoms with Crippen LogP contribution in [-0.4, -0.2) is 29.1 Å². The van der Waals surface area contributed by atoms with Gasteiger partial charge in [0.2, 0.25) is 0 Å². The number of anilines is 1. The van der Waals surface area contributed by atoms with E-state index in [0.29, 0.717) is 13.0 Å². The number of carboxylic acid groups (broad SMARTS) is 1. The lowest BCUT2D eigenvalue weighted by Crippen LogP contribution is -2.23. The highest BCUT2D eigenvalue weighted by Gasteiger charge is 2.29. The summed E-state index contributed by atoms with van der Waals surface area (Å²) >= 11 is 0. The maximum atomic E-state index is 10.9. The second-order valence-corrected chi connectivity index (χ2v) is 4.24. The summed E-state index contributed by atoms with van der Waals surface area (Å²) in [6.45, 7) is 1.25. The van der Waals surface area contributed by atoms with Crippen molar-refractivity contribution in [3.8, 4) is 0 Å². The molecule has 0 aliphatic carbocycles. The van der Waals surface area contributed by atoms with Gasteiger partial charge in [-0.15, -0.1) is 0 Å². The van der Waals surface area contributed by atoms with E-state index in [4.69, 9.17) is 9.52 Å². The molecule has 1 atom stereocenters. The maximum absolute atomic E-state index is 10.9. The van der Waals surface area contributed by atoms with Gasteiger partial charge in [-0.3, -0.25) is 4.79 Å². The van der Waals surface area contributed by atoms with Gasteiger partial charge in [-0.05, 0) is 18.6 Å². The number of rotatable bonds is 2. The number of fused-ring (bicyclic) bond motifs is 1. The number of pyridine rings is 1. The van der Waals surface area contributed by atoms with Crippen molar-refractivity contribution >= 4 is 22.8 Å². The van der Waals surface area contributed by atoms with E-state index in [-0.39, 0.29) is 5.92 Å². The Morgan fingerprint density at radius 3 is 3.18 bits per heavy atom. The van der Waals surface area contributed by atoms with Crippen LogP contribution in [0.2, 0.25) is 0 Å². The van der Waals surface area contributed by atoms with Crippen LogP contribution in [0.25, 0.3) is 11.0 Å². The van der Waals surface area contributed by atoms with Gasteiger partial charge >= 0.3 is 5.97 Å². The van der Waals surface area contributed by atoms with Crippen LogP contribution in [0.4, 0.5) is 5.82 Å². The molecular formula is C12H12N2O3. The van der Waals surface area contributed by atoms with Crippen molar-refractivity contribution in [2.45, 2.75) is 6.42 Å². The average molecular weight is 232 g/mol. The molecule has 2 aromatic heterocycles. The molecule has 1 aliphatic rings. The van der Waals surface area contributed by atoms with Crippen LogP contribution >= 0.6 is 0 Å². The predicted molar refractivity (Wildman–Crippen MR) is 62.0 cm³/mol. The molecule has 1 N–H and O–H groups in total. The minimum Gasteiger partial charge on any atom is -0.481 e. The summed E-state index contributed by atoms with van der Waals surface area (Å²) < 4.78 is 5.31. The van der Waals surface area contributed by atoms with Crippen molar-refractivity contribution in [2.75, 3.05) is 18.0 Å². The molecule has 0 aromatic carbocycles. The number of hydrogen-bond acceptors (Lipinski definition) is 4. The predicted octanol–water partition coefficient (Wildman–Crippen LogP) is 1.74. The Morgan fingerprint density at radius 2 is 2.41 bits per heavy atom. The smallest absolute Gasteiger partial charge is 0.308 e. The third-order valence-electron chi connectivity index (χ3n) is 3.20. The molecule has 2 aromatic rings. The van der Waals surface area contributed by atoms with E-state index in [1.807, 2.05) is 17.0 Å². The Bertz CT molecular complexity index is 564. The van der Waals surface area contributed by atoms with Gasteiger partial charge in [0, 0.05) is 19.3 Å². The van der Waals surface area contributed by atoms with E-state index in [1.54, 1.807) is 12.5 Å². The highest BCUT2D eigenvalue weighted by Crippen LogP contribution is 2.29. The number of aliphatic carboxylic acids is 1. The van der Waals surface area contributed by atoms with Crippen molar-refractivity contribution in [2.24, 2.45) is 5.92 Å². The quantitative estimate of drug-likeness (QED) is 0.854. The normalized spacial score (nSPS) is 20.0. The Balaban J connectivity index is 1.95. The monoisotopic (exact) mass is 232 g/mol. The van der Waals surface area contributed by atoms with Crippen molar-refractivity contribution in [1.29, 1.82) is 0 Å². The van der Waals surface area contributed by atoms with Crippen molar-refractivity contribution < 1.29 is 14.3 Å². The first-order valence-electron chi connectivity index (χ1n) is 5.55. The van der Waals surface area contributed by atoms with Gasteiger partial charge in [-0.1, -0.05) is 0 Å². The summed E-state index contributed by atoms with van der Waals surface area (Å²) in [7, 11) is 0. The Morgan fingerprint density at radius 1 is 1.53 bits per heavy atom. The van der Waals surface area contributed by atoms with Gasteiger partial charge in [-0.25, -0.2) is 4.98 Å². The molecule has 0 spiro atoms. The fourth-order valence-corrected chi connectivity index (χ4v) is 2.29. The molecule has 0 amide bonds. The minimum atomic E-state index is -0.730. The van der Waals surface area contributed by atoms with E-state index in [0.717, 1.165) is 23.3 Å². The molecule has 5 heteroatoms. The highest BCUT2D eigenvalue weighted by atomic mass is 16.4. The first-order valence-corrected chi connectivity index (χ1v) is 5.55. The number of furan rings is 1. The Labute approximate surface area is 97.7 Å². The van der Waals surface area contributed by atoms with Gasteiger partial charge < -0.3 is 14.4 Å². The molecule has 3 heterocycles. The number of nitrogens with zero attached hydrogens (tertiary/aromatic N) is 2. The standard InChI is InChI=1S/C12H12N2O3/c15-12(16)8-2-5-14(7-8)11-9-3-6-17-10(9)1-4-13-11/h1,3-4,6,8H,2,5,7H2,(H,15,16). The molecule has 1 aliphatic heterocycles. The summed E-state index contributed by atoms with van der Waals surface area (Å²) in [5.74, 6) is -0.203. The number of carbonyl (C=O) groups is 1. The average Bonchev–Trinajstić information content (AvgIpc) is 2.97. The summed E-state index contributed by atoms with van der Waals surface area (Å²) in [6.07, 6.45) is 3.99. The zero-order valence-electron chi connectivity index (χ0n) is 9.17. The Kier molecular flexibility index (Phi) is 2.24. The van der Waals surface area contributed by atoms with E-state index < -0.39 is 5.97 Å². The van der Waals surface area contributed by atoms with Crippen molar-refractivity contribution in [3.05, 3.63) is 24.6 Å². The van der Waals surface area contributed by atoms with E-state index in [2.05, 4.69) is 4.98 Å². The lowest BCUT2D eigenvalue weighted by molar-refractivity contribution is -0.140. The molecule has 3 rings (SSSR count). The molecule has 0 radical (unpaired) electrons. The molecule has 1 fully saturated rings. The highest BCUT2D eigenvalue weighted by molar-refractivity contribution is 5.88. The van der Waals surface area contributed by atoms with Gasteiger partial charge in [-0.2, -0.15) is 0 Å². The molecule has 0 bridgehead atoms. The molecule has 17 heavy (non-hydrogen) atoms.